The molecule has 1 aliphatic rings. The van der Waals surface area contributed by atoms with E-state index in [2.05, 4.69) is 10.3 Å². The van der Waals surface area contributed by atoms with Crippen molar-refractivity contribution in [1.82, 2.24) is 10.3 Å². The largest absolute Gasteiger partial charge is 0.384 e. The van der Waals surface area contributed by atoms with Crippen molar-refractivity contribution in [2.75, 3.05) is 5.73 Å². The van der Waals surface area contributed by atoms with E-state index in [4.69, 9.17) is 5.73 Å². The minimum Gasteiger partial charge on any atom is -0.384 e. The maximum Gasteiger partial charge on any atom is 0.251 e. The summed E-state index contributed by atoms with van der Waals surface area (Å²) >= 11 is 0. The van der Waals surface area contributed by atoms with Gasteiger partial charge in [0.2, 0.25) is 0 Å². The van der Waals surface area contributed by atoms with Gasteiger partial charge < -0.3 is 11.1 Å². The van der Waals surface area contributed by atoms with Gasteiger partial charge in [-0.05, 0) is 18.6 Å². The van der Waals surface area contributed by atoms with Crippen molar-refractivity contribution in [2.45, 2.75) is 12.5 Å². The third kappa shape index (κ3) is 2.48. The van der Waals surface area contributed by atoms with Crippen LogP contribution in [0.15, 0.2) is 42.6 Å². The normalized spacial score (nSPS) is 18.4. The van der Waals surface area contributed by atoms with Gasteiger partial charge in [0.25, 0.3) is 5.91 Å². The fourth-order valence-electron chi connectivity index (χ4n) is 1.53. The van der Waals surface area contributed by atoms with Gasteiger partial charge in [0.05, 0.1) is 6.04 Å². The first-order valence-corrected chi connectivity index (χ1v) is 5.11. The number of nitrogens with one attached hydrogen (secondary N) is 1. The molecule has 4 nitrogen and oxygen atoms in total. The number of nitrogens with two attached hydrogens (primary N) is 1. The highest BCUT2D eigenvalue weighted by atomic mass is 16.1. The van der Waals surface area contributed by atoms with Crippen LogP contribution >= 0.6 is 0 Å². The van der Waals surface area contributed by atoms with Gasteiger partial charge in [-0.2, -0.15) is 0 Å². The van der Waals surface area contributed by atoms with Gasteiger partial charge in [-0.15, -0.1) is 0 Å². The van der Waals surface area contributed by atoms with E-state index in [1.807, 2.05) is 24.3 Å². The van der Waals surface area contributed by atoms with Crippen LogP contribution in [0.4, 0.5) is 5.82 Å². The Morgan fingerprint density at radius 2 is 2.38 bits per heavy atom. The topological polar surface area (TPSA) is 68.0 Å². The van der Waals surface area contributed by atoms with Crippen LogP contribution in [0.3, 0.4) is 0 Å². The molecule has 1 aromatic rings. The van der Waals surface area contributed by atoms with Gasteiger partial charge >= 0.3 is 0 Å². The summed E-state index contributed by atoms with van der Waals surface area (Å²) in [5, 5.41) is 2.90. The number of anilines is 1. The lowest BCUT2D eigenvalue weighted by molar-refractivity contribution is 0.0944. The van der Waals surface area contributed by atoms with E-state index < -0.39 is 0 Å². The first kappa shape index (κ1) is 10.4. The molecular formula is C12H13N3O. The molecule has 0 fully saturated rings. The second kappa shape index (κ2) is 4.61. The Morgan fingerprint density at radius 3 is 3.06 bits per heavy atom. The van der Waals surface area contributed by atoms with Gasteiger partial charge in [-0.1, -0.05) is 24.3 Å². The van der Waals surface area contributed by atoms with E-state index in [1.165, 1.54) is 6.20 Å². The Bertz CT molecular complexity index is 451. The average molecular weight is 215 g/mol. The van der Waals surface area contributed by atoms with E-state index in [0.29, 0.717) is 11.4 Å². The maximum atomic E-state index is 11.8. The third-order valence-electron chi connectivity index (χ3n) is 2.34. The number of carbonyl (C=O) groups is 1. The van der Waals surface area contributed by atoms with Crippen molar-refractivity contribution in [1.29, 1.82) is 0 Å². The number of carbonyl (C=O) groups excluding carboxylic acids is 1. The molecule has 0 bridgehead atoms. The molecule has 82 valence electrons. The maximum absolute atomic E-state index is 11.8. The zero-order valence-electron chi connectivity index (χ0n) is 8.76. The smallest absolute Gasteiger partial charge is 0.251 e. The second-order valence-electron chi connectivity index (χ2n) is 3.60. The molecule has 0 saturated carbocycles. The van der Waals surface area contributed by atoms with Gasteiger partial charge in [0.1, 0.15) is 5.82 Å². The molecule has 16 heavy (non-hydrogen) atoms. The quantitative estimate of drug-likeness (QED) is 0.780. The third-order valence-corrected chi connectivity index (χ3v) is 2.34. The van der Waals surface area contributed by atoms with Crippen molar-refractivity contribution in [2.24, 2.45) is 0 Å². The molecular weight excluding hydrogens is 202 g/mol. The Kier molecular flexibility index (Phi) is 3.00. The molecule has 1 amide bonds. The molecule has 1 heterocycles. The minimum atomic E-state index is -0.126. The number of rotatable bonds is 2. The Labute approximate surface area is 93.9 Å². The predicted octanol–water partition coefficient (Wildman–Crippen LogP) is 1.28. The van der Waals surface area contributed by atoms with Crippen molar-refractivity contribution in [3.05, 3.63) is 48.2 Å². The Morgan fingerprint density at radius 1 is 1.50 bits per heavy atom. The molecule has 1 aromatic heterocycles. The van der Waals surface area contributed by atoms with E-state index >= 15 is 0 Å². The summed E-state index contributed by atoms with van der Waals surface area (Å²) in [5.74, 6) is 0.228. The fourth-order valence-corrected chi connectivity index (χ4v) is 1.53. The van der Waals surface area contributed by atoms with Gasteiger partial charge in [-0.3, -0.25) is 4.79 Å². The number of nitrogen functional groups attached to an aromatic ring is 1. The molecule has 1 aliphatic carbocycles. The molecule has 0 aliphatic heterocycles. The summed E-state index contributed by atoms with van der Waals surface area (Å²) in [5.41, 5.74) is 6.05. The summed E-state index contributed by atoms with van der Waals surface area (Å²) in [6.07, 6.45) is 10.2. The number of amides is 1. The van der Waals surface area contributed by atoms with Crippen LogP contribution in [-0.4, -0.2) is 16.9 Å². The van der Waals surface area contributed by atoms with Crippen LogP contribution < -0.4 is 11.1 Å². The Balaban J connectivity index is 2.03. The van der Waals surface area contributed by atoms with Crippen molar-refractivity contribution >= 4 is 11.7 Å². The molecule has 0 aromatic carbocycles. The molecule has 4 heteroatoms. The second-order valence-corrected chi connectivity index (χ2v) is 3.60. The minimum absolute atomic E-state index is 0.0619. The SMILES string of the molecule is Nc1cc(C(=O)NC2C=CC=CC2)ccn1. The van der Waals surface area contributed by atoms with E-state index in [1.54, 1.807) is 12.1 Å². The van der Waals surface area contributed by atoms with Gasteiger partial charge in [0.15, 0.2) is 0 Å². The first-order chi connectivity index (χ1) is 7.75. The summed E-state index contributed by atoms with van der Waals surface area (Å²) in [7, 11) is 0. The van der Waals surface area contributed by atoms with Crippen LogP contribution in [-0.2, 0) is 0 Å². The molecule has 0 saturated heterocycles. The highest BCUT2D eigenvalue weighted by Gasteiger charge is 2.11. The lowest BCUT2D eigenvalue weighted by atomic mass is 10.1. The molecule has 0 radical (unpaired) electrons. The fraction of sp³-hybridized carbons (Fsp3) is 0.167. The van der Waals surface area contributed by atoms with Crippen molar-refractivity contribution in [3.8, 4) is 0 Å². The highest BCUT2D eigenvalue weighted by Crippen LogP contribution is 2.06. The molecule has 1 atom stereocenters. The number of hydrogen-bond acceptors (Lipinski definition) is 3. The number of pyridine rings is 1. The first-order valence-electron chi connectivity index (χ1n) is 5.11. The van der Waals surface area contributed by atoms with Crippen LogP contribution in [0.5, 0.6) is 0 Å². The molecule has 1 unspecified atom stereocenters. The summed E-state index contributed by atoms with van der Waals surface area (Å²) in [6, 6.07) is 3.28. The average Bonchev–Trinajstić information content (AvgIpc) is 2.30. The van der Waals surface area contributed by atoms with E-state index in [-0.39, 0.29) is 11.9 Å². The molecule has 2 rings (SSSR count). The zero-order valence-corrected chi connectivity index (χ0v) is 8.76. The predicted molar refractivity (Wildman–Crippen MR) is 62.8 cm³/mol. The van der Waals surface area contributed by atoms with E-state index in [9.17, 15) is 4.79 Å². The monoisotopic (exact) mass is 215 g/mol. The Hall–Kier alpha value is -2.10. The van der Waals surface area contributed by atoms with E-state index in [0.717, 1.165) is 6.42 Å². The van der Waals surface area contributed by atoms with Crippen LogP contribution in [0.25, 0.3) is 0 Å². The number of nitrogens with zero attached hydrogens (tertiary/aromatic N) is 1. The lowest BCUT2D eigenvalue weighted by Gasteiger charge is -2.15. The standard InChI is InChI=1S/C12H13N3O/c13-11-8-9(6-7-14-11)12(16)15-10-4-2-1-3-5-10/h1-4,6-8,10H,5H2,(H2,13,14)(H,15,16). The zero-order chi connectivity index (χ0) is 11.4. The molecule has 3 N–H and O–H groups in total. The number of allylic oxidation sites excluding steroid dienone is 2. The van der Waals surface area contributed by atoms with Gasteiger partial charge in [0, 0.05) is 11.8 Å². The summed E-state index contributed by atoms with van der Waals surface area (Å²) in [6.45, 7) is 0. The lowest BCUT2D eigenvalue weighted by Crippen LogP contribution is -2.33. The van der Waals surface area contributed by atoms with Crippen LogP contribution in [0.2, 0.25) is 0 Å². The van der Waals surface area contributed by atoms with Crippen molar-refractivity contribution in [3.63, 3.8) is 0 Å². The summed E-state index contributed by atoms with van der Waals surface area (Å²) in [4.78, 5) is 15.7. The summed E-state index contributed by atoms with van der Waals surface area (Å²) < 4.78 is 0. The highest BCUT2D eigenvalue weighted by molar-refractivity contribution is 5.95. The number of aromatic nitrogens is 1. The van der Waals surface area contributed by atoms with Crippen LogP contribution in [0.1, 0.15) is 16.8 Å². The number of hydrogen-bond donors (Lipinski definition) is 2. The van der Waals surface area contributed by atoms with Gasteiger partial charge in [-0.25, -0.2) is 4.98 Å². The molecule has 0 spiro atoms. The van der Waals surface area contributed by atoms with Crippen molar-refractivity contribution < 1.29 is 4.79 Å². The van der Waals surface area contributed by atoms with Crippen LogP contribution in [0, 0.1) is 0 Å².